The van der Waals surface area contributed by atoms with Crippen molar-refractivity contribution in [3.8, 4) is 0 Å². The molecule has 8 nitrogen and oxygen atoms in total. The third kappa shape index (κ3) is 10.2. The van der Waals surface area contributed by atoms with E-state index in [9.17, 15) is 19.2 Å². The number of ether oxygens (including phenoxy) is 2. The molecule has 0 saturated carbocycles. The number of unbranched alkanes of at least 4 members (excludes halogenated alkanes) is 3. The molecule has 2 unspecified atom stereocenters. The maximum Gasteiger partial charge on any atom is 0.332 e. The second kappa shape index (κ2) is 15.9. The van der Waals surface area contributed by atoms with E-state index in [2.05, 4.69) is 9.98 Å². The van der Waals surface area contributed by atoms with Crippen molar-refractivity contribution in [3.05, 3.63) is 71.8 Å². The van der Waals surface area contributed by atoms with Gasteiger partial charge in [0.25, 0.3) is 0 Å². The van der Waals surface area contributed by atoms with Gasteiger partial charge in [-0.3, -0.25) is 0 Å². The normalized spacial score (nSPS) is 11.9. The van der Waals surface area contributed by atoms with E-state index in [1.165, 1.54) is 12.2 Å². The first-order chi connectivity index (χ1) is 16.6. The zero-order valence-electron chi connectivity index (χ0n) is 18.9. The van der Waals surface area contributed by atoms with Gasteiger partial charge in [0, 0.05) is 12.8 Å². The number of carbonyl (C=O) groups is 2. The highest BCUT2D eigenvalue weighted by Gasteiger charge is 2.20. The molecule has 2 atom stereocenters. The van der Waals surface area contributed by atoms with Gasteiger partial charge >= 0.3 is 11.9 Å². The van der Waals surface area contributed by atoms with E-state index in [0.717, 1.165) is 24.0 Å². The summed E-state index contributed by atoms with van der Waals surface area (Å²) in [6.07, 6.45) is 6.23. The zero-order chi connectivity index (χ0) is 24.4. The molecule has 0 fully saturated rings. The fraction of sp³-hybridized carbons (Fsp3) is 0.385. The minimum atomic E-state index is -0.905. The van der Waals surface area contributed by atoms with Crippen LogP contribution in [0.25, 0.3) is 0 Å². The van der Waals surface area contributed by atoms with Crippen LogP contribution in [-0.2, 0) is 41.5 Å². The van der Waals surface area contributed by atoms with E-state index in [1.807, 2.05) is 60.7 Å². The molecule has 0 heterocycles. The summed E-state index contributed by atoms with van der Waals surface area (Å²) in [5, 5.41) is 0. The third-order valence-corrected chi connectivity index (χ3v) is 5.03. The molecule has 0 saturated heterocycles. The quantitative estimate of drug-likeness (QED) is 0.173. The average molecular weight is 465 g/mol. The molecule has 0 bridgehead atoms. The Kier molecular flexibility index (Phi) is 12.3. The van der Waals surface area contributed by atoms with Crippen LogP contribution in [-0.4, -0.2) is 49.4 Å². The van der Waals surface area contributed by atoms with Crippen LogP contribution < -0.4 is 0 Å². The highest BCUT2D eigenvalue weighted by molar-refractivity contribution is 5.77. The molecule has 178 valence electrons. The van der Waals surface area contributed by atoms with Crippen molar-refractivity contribution in [1.82, 2.24) is 0 Å². The molecule has 0 aliphatic heterocycles. The average Bonchev–Trinajstić information content (AvgIpc) is 2.86. The first kappa shape index (κ1) is 26.4. The van der Waals surface area contributed by atoms with Gasteiger partial charge < -0.3 is 9.47 Å². The van der Waals surface area contributed by atoms with Crippen LogP contribution in [0.2, 0.25) is 0 Å². The Morgan fingerprint density at radius 2 is 1.03 bits per heavy atom. The largest absolute Gasteiger partial charge is 0.464 e. The Morgan fingerprint density at radius 3 is 1.38 bits per heavy atom. The maximum absolute atomic E-state index is 12.2. The fourth-order valence-electron chi connectivity index (χ4n) is 3.26. The second-order valence-electron chi connectivity index (χ2n) is 7.60. The molecule has 0 radical (unpaired) electrons. The van der Waals surface area contributed by atoms with Gasteiger partial charge in [-0.15, -0.1) is 0 Å². The summed E-state index contributed by atoms with van der Waals surface area (Å²) in [5.74, 6) is -1.11. The minimum absolute atomic E-state index is 0.214. The van der Waals surface area contributed by atoms with Crippen LogP contribution in [0, 0.1) is 0 Å². The highest BCUT2D eigenvalue weighted by Crippen LogP contribution is 2.10. The van der Waals surface area contributed by atoms with E-state index in [1.54, 1.807) is 0 Å². The molecular weight excluding hydrogens is 436 g/mol. The van der Waals surface area contributed by atoms with Gasteiger partial charge in [-0.2, -0.15) is 9.98 Å². The Labute approximate surface area is 198 Å². The van der Waals surface area contributed by atoms with Crippen molar-refractivity contribution in [2.24, 2.45) is 9.98 Å². The predicted octanol–water partition coefficient (Wildman–Crippen LogP) is 3.53. The summed E-state index contributed by atoms with van der Waals surface area (Å²) >= 11 is 0. The lowest BCUT2D eigenvalue weighted by Gasteiger charge is -2.12. The predicted molar refractivity (Wildman–Crippen MR) is 124 cm³/mol. The molecule has 0 spiro atoms. The third-order valence-electron chi connectivity index (χ3n) is 5.03. The summed E-state index contributed by atoms with van der Waals surface area (Å²) in [4.78, 5) is 52.8. The molecule has 2 rings (SSSR count). The molecule has 0 aromatic heterocycles. The van der Waals surface area contributed by atoms with E-state index in [0.29, 0.717) is 12.8 Å². The van der Waals surface area contributed by atoms with Crippen molar-refractivity contribution in [1.29, 1.82) is 0 Å². The molecule has 2 aromatic rings. The van der Waals surface area contributed by atoms with Crippen LogP contribution in [0.1, 0.15) is 36.8 Å². The minimum Gasteiger partial charge on any atom is -0.464 e. The number of nitrogens with zero attached hydrogens (tertiary/aromatic N) is 2. The topological polar surface area (TPSA) is 111 Å². The second-order valence-corrected chi connectivity index (χ2v) is 7.60. The van der Waals surface area contributed by atoms with Gasteiger partial charge in [0.05, 0.1) is 13.2 Å². The Balaban J connectivity index is 1.61. The smallest absolute Gasteiger partial charge is 0.332 e. The van der Waals surface area contributed by atoms with Gasteiger partial charge in [-0.25, -0.2) is 19.2 Å². The summed E-state index contributed by atoms with van der Waals surface area (Å²) in [6, 6.07) is 16.7. The molecule has 0 amide bonds. The van der Waals surface area contributed by atoms with Gasteiger partial charge in [-0.1, -0.05) is 60.7 Å². The number of hydrogen-bond donors (Lipinski definition) is 0. The molecular formula is C26H28N2O6. The van der Waals surface area contributed by atoms with Crippen LogP contribution in [0.4, 0.5) is 0 Å². The number of carbonyl (C=O) groups excluding carboxylic acids is 4. The fourth-order valence-corrected chi connectivity index (χ4v) is 3.26. The summed E-state index contributed by atoms with van der Waals surface area (Å²) in [5.41, 5.74) is 1.76. The van der Waals surface area contributed by atoms with Crippen LogP contribution in [0.5, 0.6) is 0 Å². The lowest BCUT2D eigenvalue weighted by atomic mass is 10.1. The number of rotatable bonds is 15. The van der Waals surface area contributed by atoms with Gasteiger partial charge in [-0.05, 0) is 36.8 Å². The maximum atomic E-state index is 12.2. The van der Waals surface area contributed by atoms with Gasteiger partial charge in [0.1, 0.15) is 0 Å². The van der Waals surface area contributed by atoms with Crippen molar-refractivity contribution in [2.75, 3.05) is 13.2 Å². The molecule has 8 heteroatoms. The Morgan fingerprint density at radius 1 is 0.647 bits per heavy atom. The number of esters is 2. The van der Waals surface area contributed by atoms with Crippen LogP contribution >= 0.6 is 0 Å². The van der Waals surface area contributed by atoms with E-state index >= 15 is 0 Å². The van der Waals surface area contributed by atoms with Crippen molar-refractivity contribution >= 4 is 24.1 Å². The summed E-state index contributed by atoms with van der Waals surface area (Å²) in [6.45, 7) is 0.428. The number of benzene rings is 2. The summed E-state index contributed by atoms with van der Waals surface area (Å²) < 4.78 is 10.5. The van der Waals surface area contributed by atoms with Gasteiger partial charge in [0.2, 0.25) is 12.2 Å². The monoisotopic (exact) mass is 464 g/mol. The lowest BCUT2D eigenvalue weighted by Crippen LogP contribution is -2.24. The van der Waals surface area contributed by atoms with Gasteiger partial charge in [0.15, 0.2) is 12.1 Å². The first-order valence-electron chi connectivity index (χ1n) is 11.2. The van der Waals surface area contributed by atoms with E-state index in [4.69, 9.17) is 9.47 Å². The Bertz CT molecular complexity index is 901. The zero-order valence-corrected chi connectivity index (χ0v) is 18.9. The van der Waals surface area contributed by atoms with Crippen LogP contribution in [0.3, 0.4) is 0 Å². The molecule has 0 aliphatic carbocycles. The first-order valence-corrected chi connectivity index (χ1v) is 11.2. The highest BCUT2D eigenvalue weighted by atomic mass is 16.5. The van der Waals surface area contributed by atoms with Crippen molar-refractivity contribution < 1.29 is 28.7 Å². The van der Waals surface area contributed by atoms with E-state index < -0.39 is 24.0 Å². The Hall–Kier alpha value is -3.86. The number of aliphatic imine (C=N–C) groups is 2. The number of hydrogen-bond acceptors (Lipinski definition) is 8. The SMILES string of the molecule is O=C=NC(Cc1ccccc1)C(=O)OCCCCCCOC(=O)C(Cc1ccccc1)N=C=O. The number of isocyanates is 2. The van der Waals surface area contributed by atoms with Crippen LogP contribution in [0.15, 0.2) is 70.6 Å². The van der Waals surface area contributed by atoms with E-state index in [-0.39, 0.29) is 26.1 Å². The molecule has 0 aliphatic rings. The summed E-state index contributed by atoms with van der Waals surface area (Å²) in [7, 11) is 0. The molecule has 0 N–H and O–H groups in total. The van der Waals surface area contributed by atoms with Crippen molar-refractivity contribution in [2.45, 2.75) is 50.6 Å². The standard InChI is InChI=1S/C26H28N2O6/c29-19-27-23(17-21-11-5-3-6-12-21)25(31)33-15-9-1-2-10-16-34-26(32)24(28-20-30)18-22-13-7-4-8-14-22/h3-8,11-14,23-24H,1-2,9-10,15-18H2. The molecule has 34 heavy (non-hydrogen) atoms. The molecule has 2 aromatic carbocycles. The van der Waals surface area contributed by atoms with Crippen molar-refractivity contribution in [3.63, 3.8) is 0 Å². The lowest BCUT2D eigenvalue weighted by molar-refractivity contribution is -0.146.